The van der Waals surface area contributed by atoms with Crippen molar-refractivity contribution in [3.05, 3.63) is 53.6 Å². The number of aryl methyl sites for hydroxylation is 2. The maximum Gasteiger partial charge on any atom is 0.226 e. The van der Waals surface area contributed by atoms with E-state index in [0.29, 0.717) is 24.4 Å². The van der Waals surface area contributed by atoms with Crippen molar-refractivity contribution in [1.82, 2.24) is 0 Å². The standard InChI is InChI=1S/C23H30N2O3/c1-16(2)23(27)25-20-9-7-8-19(15-20)24-22(26)10-5-6-13-28-21-14-17(3)11-12-18(21)4/h7-9,11-12,14-16H,5-6,10,13H2,1-4H3,(H,24,26)(H,25,27). The SMILES string of the molecule is Cc1ccc(C)c(OCCCCC(=O)Nc2cccc(NC(=O)C(C)C)c2)c1. The summed E-state index contributed by atoms with van der Waals surface area (Å²) in [5.41, 5.74) is 3.65. The zero-order valence-electron chi connectivity index (χ0n) is 17.2. The van der Waals surface area contributed by atoms with E-state index in [1.165, 1.54) is 5.56 Å². The van der Waals surface area contributed by atoms with Gasteiger partial charge in [0, 0.05) is 23.7 Å². The maximum absolute atomic E-state index is 12.1. The van der Waals surface area contributed by atoms with Gasteiger partial charge in [-0.3, -0.25) is 9.59 Å². The van der Waals surface area contributed by atoms with Gasteiger partial charge in [-0.05, 0) is 62.1 Å². The lowest BCUT2D eigenvalue weighted by Gasteiger charge is -2.11. The van der Waals surface area contributed by atoms with Crippen LogP contribution in [0.1, 0.15) is 44.2 Å². The minimum Gasteiger partial charge on any atom is -0.493 e. The van der Waals surface area contributed by atoms with Gasteiger partial charge in [0.25, 0.3) is 0 Å². The van der Waals surface area contributed by atoms with Gasteiger partial charge >= 0.3 is 0 Å². The van der Waals surface area contributed by atoms with Gasteiger partial charge in [-0.25, -0.2) is 0 Å². The van der Waals surface area contributed by atoms with E-state index >= 15 is 0 Å². The number of rotatable bonds is 9. The van der Waals surface area contributed by atoms with Crippen LogP contribution in [0.4, 0.5) is 11.4 Å². The van der Waals surface area contributed by atoms with Gasteiger partial charge in [0.05, 0.1) is 6.61 Å². The van der Waals surface area contributed by atoms with Crippen LogP contribution < -0.4 is 15.4 Å². The fourth-order valence-corrected chi connectivity index (χ4v) is 2.62. The second kappa shape index (κ2) is 10.5. The lowest BCUT2D eigenvalue weighted by Crippen LogP contribution is -2.18. The Balaban J connectivity index is 1.72. The average Bonchev–Trinajstić information content (AvgIpc) is 2.64. The molecule has 0 fully saturated rings. The Bertz CT molecular complexity index is 815. The average molecular weight is 383 g/mol. The van der Waals surface area contributed by atoms with Gasteiger partial charge in [0.15, 0.2) is 0 Å². The first-order chi connectivity index (χ1) is 13.3. The molecule has 2 N–H and O–H groups in total. The summed E-state index contributed by atoms with van der Waals surface area (Å²) in [6.07, 6.45) is 1.99. The summed E-state index contributed by atoms with van der Waals surface area (Å²) in [6.45, 7) is 8.34. The Hall–Kier alpha value is -2.82. The summed E-state index contributed by atoms with van der Waals surface area (Å²) in [6, 6.07) is 13.3. The first-order valence-electron chi connectivity index (χ1n) is 9.76. The Kier molecular flexibility index (Phi) is 8.05. The number of carbonyl (C=O) groups is 2. The molecule has 2 rings (SSSR count). The van der Waals surface area contributed by atoms with Crippen molar-refractivity contribution in [3.63, 3.8) is 0 Å². The van der Waals surface area contributed by atoms with Crippen LogP contribution in [0.5, 0.6) is 5.75 Å². The minimum absolute atomic E-state index is 0.0425. The quantitative estimate of drug-likeness (QED) is 0.594. The number of hydrogen-bond acceptors (Lipinski definition) is 3. The van der Waals surface area contributed by atoms with E-state index in [0.717, 1.165) is 24.2 Å². The van der Waals surface area contributed by atoms with Gasteiger partial charge in [0.2, 0.25) is 11.8 Å². The molecule has 2 amide bonds. The first kappa shape index (κ1) is 21.5. The highest BCUT2D eigenvalue weighted by atomic mass is 16.5. The molecule has 0 aliphatic rings. The third kappa shape index (κ3) is 7.06. The lowest BCUT2D eigenvalue weighted by atomic mass is 10.1. The molecule has 0 aliphatic heterocycles. The van der Waals surface area contributed by atoms with Crippen molar-refractivity contribution in [1.29, 1.82) is 0 Å². The summed E-state index contributed by atoms with van der Waals surface area (Å²) in [5, 5.41) is 5.71. The molecule has 0 radical (unpaired) electrons. The minimum atomic E-state index is -0.0935. The molecule has 150 valence electrons. The van der Waals surface area contributed by atoms with Crippen LogP contribution in [-0.4, -0.2) is 18.4 Å². The van der Waals surface area contributed by atoms with Gasteiger partial charge in [-0.1, -0.05) is 32.0 Å². The predicted octanol–water partition coefficient (Wildman–Crippen LogP) is 5.09. The maximum atomic E-state index is 12.1. The number of anilines is 2. The molecule has 2 aromatic carbocycles. The van der Waals surface area contributed by atoms with Crippen molar-refractivity contribution < 1.29 is 14.3 Å². The second-order valence-corrected chi connectivity index (χ2v) is 7.35. The first-order valence-corrected chi connectivity index (χ1v) is 9.76. The molecule has 0 unspecified atom stereocenters. The largest absolute Gasteiger partial charge is 0.493 e. The van der Waals surface area contributed by atoms with E-state index in [1.54, 1.807) is 12.1 Å². The van der Waals surface area contributed by atoms with Crippen molar-refractivity contribution >= 4 is 23.2 Å². The van der Waals surface area contributed by atoms with Crippen LogP contribution in [0.2, 0.25) is 0 Å². The molecule has 5 heteroatoms. The van der Waals surface area contributed by atoms with Crippen LogP contribution in [0.3, 0.4) is 0 Å². The van der Waals surface area contributed by atoms with Crippen LogP contribution in [0.15, 0.2) is 42.5 Å². The molecule has 28 heavy (non-hydrogen) atoms. The van der Waals surface area contributed by atoms with Gasteiger partial charge in [-0.15, -0.1) is 0 Å². The van der Waals surface area contributed by atoms with E-state index in [4.69, 9.17) is 4.74 Å². The van der Waals surface area contributed by atoms with Crippen LogP contribution >= 0.6 is 0 Å². The monoisotopic (exact) mass is 382 g/mol. The number of unbranched alkanes of at least 4 members (excludes halogenated alkanes) is 1. The van der Waals surface area contributed by atoms with Crippen molar-refractivity contribution in [3.8, 4) is 5.75 Å². The lowest BCUT2D eigenvalue weighted by molar-refractivity contribution is -0.119. The highest BCUT2D eigenvalue weighted by molar-refractivity contribution is 5.94. The van der Waals surface area contributed by atoms with Crippen LogP contribution in [0.25, 0.3) is 0 Å². The highest BCUT2D eigenvalue weighted by Crippen LogP contribution is 2.20. The van der Waals surface area contributed by atoms with E-state index in [9.17, 15) is 9.59 Å². The fraction of sp³-hybridized carbons (Fsp3) is 0.391. The molecule has 0 saturated carbocycles. The van der Waals surface area contributed by atoms with Crippen LogP contribution in [-0.2, 0) is 9.59 Å². The molecular formula is C23H30N2O3. The topological polar surface area (TPSA) is 67.4 Å². The zero-order valence-corrected chi connectivity index (χ0v) is 17.2. The summed E-state index contributed by atoms with van der Waals surface area (Å²) in [5.74, 6) is 0.722. The van der Waals surface area contributed by atoms with E-state index in [2.05, 4.69) is 22.8 Å². The highest BCUT2D eigenvalue weighted by Gasteiger charge is 2.08. The Morgan fingerprint density at radius 3 is 2.39 bits per heavy atom. The third-order valence-corrected chi connectivity index (χ3v) is 4.34. The second-order valence-electron chi connectivity index (χ2n) is 7.35. The summed E-state index contributed by atoms with van der Waals surface area (Å²) >= 11 is 0. The molecule has 0 heterocycles. The molecular weight excluding hydrogens is 352 g/mol. The number of ether oxygens (including phenoxy) is 1. The molecule has 0 saturated heterocycles. The molecule has 2 aromatic rings. The molecule has 0 spiro atoms. The smallest absolute Gasteiger partial charge is 0.226 e. The molecule has 0 aliphatic carbocycles. The molecule has 0 atom stereocenters. The predicted molar refractivity (Wildman–Crippen MR) is 114 cm³/mol. The number of nitrogens with one attached hydrogen (secondary N) is 2. The van der Waals surface area contributed by atoms with Crippen molar-refractivity contribution in [2.75, 3.05) is 17.2 Å². The number of benzene rings is 2. The number of hydrogen-bond donors (Lipinski definition) is 2. The third-order valence-electron chi connectivity index (χ3n) is 4.34. The zero-order chi connectivity index (χ0) is 20.5. The molecule has 0 bridgehead atoms. The normalized spacial score (nSPS) is 10.6. The Morgan fingerprint density at radius 1 is 0.964 bits per heavy atom. The van der Waals surface area contributed by atoms with Gasteiger partial charge < -0.3 is 15.4 Å². The van der Waals surface area contributed by atoms with E-state index < -0.39 is 0 Å². The molecule has 5 nitrogen and oxygen atoms in total. The number of amides is 2. The number of carbonyl (C=O) groups excluding carboxylic acids is 2. The summed E-state index contributed by atoms with van der Waals surface area (Å²) in [4.78, 5) is 23.9. The van der Waals surface area contributed by atoms with Crippen molar-refractivity contribution in [2.24, 2.45) is 5.92 Å². The Labute approximate surface area is 167 Å². The Morgan fingerprint density at radius 2 is 1.68 bits per heavy atom. The van der Waals surface area contributed by atoms with Gasteiger partial charge in [0.1, 0.15) is 5.75 Å². The van der Waals surface area contributed by atoms with E-state index in [1.807, 2.05) is 45.9 Å². The molecule has 0 aromatic heterocycles. The van der Waals surface area contributed by atoms with Crippen LogP contribution in [0, 0.1) is 19.8 Å². The summed E-state index contributed by atoms with van der Waals surface area (Å²) in [7, 11) is 0. The van der Waals surface area contributed by atoms with E-state index in [-0.39, 0.29) is 17.7 Å². The summed E-state index contributed by atoms with van der Waals surface area (Å²) < 4.78 is 5.82. The van der Waals surface area contributed by atoms with Gasteiger partial charge in [-0.2, -0.15) is 0 Å². The fourth-order valence-electron chi connectivity index (χ4n) is 2.62. The van der Waals surface area contributed by atoms with Crippen molar-refractivity contribution in [2.45, 2.75) is 47.0 Å².